The van der Waals surface area contributed by atoms with Crippen molar-refractivity contribution in [2.45, 2.75) is 13.8 Å². The van der Waals surface area contributed by atoms with Crippen LogP contribution in [0.2, 0.25) is 0 Å². The van der Waals surface area contributed by atoms with Gasteiger partial charge in [0.25, 0.3) is 0 Å². The smallest absolute Gasteiger partial charge is 0.142 e. The minimum atomic E-state index is 0.621. The van der Waals surface area contributed by atoms with E-state index in [-0.39, 0.29) is 0 Å². The maximum absolute atomic E-state index is 5.43. The Bertz CT molecular complexity index is 310. The van der Waals surface area contributed by atoms with E-state index in [1.54, 1.807) is 7.11 Å². The third-order valence-corrected chi connectivity index (χ3v) is 2.28. The molecule has 1 aromatic carbocycles. The molecule has 3 nitrogen and oxygen atoms in total. The van der Waals surface area contributed by atoms with Gasteiger partial charge in [0.1, 0.15) is 5.75 Å². The topological polar surface area (TPSA) is 47.3 Å². The monoisotopic (exact) mass is 194 g/mol. The number of rotatable bonds is 4. The Kier molecular flexibility index (Phi) is 3.77. The quantitative estimate of drug-likeness (QED) is 0.766. The van der Waals surface area contributed by atoms with E-state index in [1.807, 2.05) is 6.07 Å². The molecule has 0 unspecified atom stereocenters. The van der Waals surface area contributed by atoms with Crippen LogP contribution in [-0.2, 0) is 0 Å². The molecule has 0 saturated heterocycles. The second-order valence-electron chi connectivity index (χ2n) is 3.35. The van der Waals surface area contributed by atoms with Gasteiger partial charge in [-0.05, 0) is 37.1 Å². The Morgan fingerprint density at radius 3 is 2.50 bits per heavy atom. The fraction of sp³-hybridized carbons (Fsp3) is 0.455. The van der Waals surface area contributed by atoms with E-state index in [0.29, 0.717) is 6.54 Å². The number of hydrogen-bond acceptors (Lipinski definition) is 3. The number of anilines is 1. The van der Waals surface area contributed by atoms with Crippen molar-refractivity contribution in [1.82, 2.24) is 0 Å². The fourth-order valence-electron chi connectivity index (χ4n) is 1.30. The molecule has 0 saturated carbocycles. The molecular weight excluding hydrogens is 176 g/mol. The normalized spacial score (nSPS) is 10.0. The van der Waals surface area contributed by atoms with Crippen LogP contribution in [0.4, 0.5) is 5.69 Å². The van der Waals surface area contributed by atoms with E-state index < -0.39 is 0 Å². The predicted octanol–water partition coefficient (Wildman–Crippen LogP) is 1.68. The van der Waals surface area contributed by atoms with Crippen molar-refractivity contribution < 1.29 is 4.74 Å². The van der Waals surface area contributed by atoms with Crippen LogP contribution in [-0.4, -0.2) is 20.2 Å². The maximum Gasteiger partial charge on any atom is 0.142 e. The highest BCUT2D eigenvalue weighted by molar-refractivity contribution is 5.59. The first-order valence-corrected chi connectivity index (χ1v) is 4.78. The minimum Gasteiger partial charge on any atom is -0.495 e. The highest BCUT2D eigenvalue weighted by atomic mass is 16.5. The average molecular weight is 194 g/mol. The van der Waals surface area contributed by atoms with Crippen LogP contribution in [0.25, 0.3) is 0 Å². The summed E-state index contributed by atoms with van der Waals surface area (Å²) < 4.78 is 5.27. The van der Waals surface area contributed by atoms with Gasteiger partial charge in [0.05, 0.1) is 12.8 Å². The van der Waals surface area contributed by atoms with Crippen molar-refractivity contribution >= 4 is 5.69 Å². The summed E-state index contributed by atoms with van der Waals surface area (Å²) in [6.45, 7) is 5.54. The van der Waals surface area contributed by atoms with E-state index in [0.717, 1.165) is 18.0 Å². The van der Waals surface area contributed by atoms with Gasteiger partial charge in [0, 0.05) is 13.1 Å². The Morgan fingerprint density at radius 2 is 1.93 bits per heavy atom. The Morgan fingerprint density at radius 1 is 1.29 bits per heavy atom. The first-order valence-electron chi connectivity index (χ1n) is 4.78. The van der Waals surface area contributed by atoms with Crippen LogP contribution in [0, 0.1) is 13.8 Å². The molecule has 1 aromatic rings. The van der Waals surface area contributed by atoms with Gasteiger partial charge in [-0.1, -0.05) is 0 Å². The molecular formula is C11H18N2O. The average Bonchev–Trinajstić information content (AvgIpc) is 2.19. The molecule has 0 aliphatic heterocycles. The van der Waals surface area contributed by atoms with Crippen molar-refractivity contribution in [1.29, 1.82) is 0 Å². The summed E-state index contributed by atoms with van der Waals surface area (Å²) in [5.41, 5.74) is 8.94. The SMILES string of the molecule is COc1cc(C)c(C)cc1NCCN. The molecule has 1 rings (SSSR count). The number of hydrogen-bond donors (Lipinski definition) is 2. The van der Waals surface area contributed by atoms with Crippen LogP contribution >= 0.6 is 0 Å². The number of aryl methyl sites for hydroxylation is 2. The van der Waals surface area contributed by atoms with Crippen molar-refractivity contribution in [2.75, 3.05) is 25.5 Å². The second kappa shape index (κ2) is 4.86. The van der Waals surface area contributed by atoms with Gasteiger partial charge < -0.3 is 15.8 Å². The lowest BCUT2D eigenvalue weighted by atomic mass is 10.1. The summed E-state index contributed by atoms with van der Waals surface area (Å²) >= 11 is 0. The molecule has 0 amide bonds. The molecule has 14 heavy (non-hydrogen) atoms. The van der Waals surface area contributed by atoms with Crippen molar-refractivity contribution in [3.63, 3.8) is 0 Å². The second-order valence-corrected chi connectivity index (χ2v) is 3.35. The molecule has 0 atom stereocenters. The molecule has 3 N–H and O–H groups in total. The fourth-order valence-corrected chi connectivity index (χ4v) is 1.30. The Hall–Kier alpha value is -1.22. The van der Waals surface area contributed by atoms with Crippen molar-refractivity contribution in [2.24, 2.45) is 5.73 Å². The van der Waals surface area contributed by atoms with Gasteiger partial charge in [-0.2, -0.15) is 0 Å². The number of benzene rings is 1. The number of nitrogens with two attached hydrogens (primary N) is 1. The summed E-state index contributed by atoms with van der Waals surface area (Å²) in [6.07, 6.45) is 0. The summed E-state index contributed by atoms with van der Waals surface area (Å²) in [5, 5.41) is 3.23. The number of nitrogens with one attached hydrogen (secondary N) is 1. The molecule has 0 bridgehead atoms. The van der Waals surface area contributed by atoms with Crippen LogP contribution in [0.3, 0.4) is 0 Å². The third kappa shape index (κ3) is 2.39. The van der Waals surface area contributed by atoms with Gasteiger partial charge >= 0.3 is 0 Å². The van der Waals surface area contributed by atoms with Crippen LogP contribution in [0.5, 0.6) is 5.75 Å². The largest absolute Gasteiger partial charge is 0.495 e. The number of ether oxygens (including phenoxy) is 1. The standard InChI is InChI=1S/C11H18N2O/c1-8-6-10(13-5-4-12)11(14-3)7-9(8)2/h6-7,13H,4-5,12H2,1-3H3. The lowest BCUT2D eigenvalue weighted by Crippen LogP contribution is -2.13. The summed E-state index contributed by atoms with van der Waals surface area (Å²) in [7, 11) is 1.68. The molecule has 0 spiro atoms. The van der Waals surface area contributed by atoms with Gasteiger partial charge in [-0.3, -0.25) is 0 Å². The molecule has 0 heterocycles. The van der Waals surface area contributed by atoms with E-state index in [1.165, 1.54) is 11.1 Å². The predicted molar refractivity (Wildman–Crippen MR) is 60.0 cm³/mol. The Labute approximate surface area is 85.3 Å². The van der Waals surface area contributed by atoms with Crippen LogP contribution in [0.1, 0.15) is 11.1 Å². The molecule has 78 valence electrons. The van der Waals surface area contributed by atoms with Gasteiger partial charge in [0.2, 0.25) is 0 Å². The van der Waals surface area contributed by atoms with Crippen LogP contribution in [0.15, 0.2) is 12.1 Å². The summed E-state index contributed by atoms with van der Waals surface area (Å²) in [5.74, 6) is 0.876. The Balaban J connectivity index is 2.95. The first kappa shape index (κ1) is 10.9. The van der Waals surface area contributed by atoms with E-state index in [2.05, 4.69) is 25.2 Å². The third-order valence-electron chi connectivity index (χ3n) is 2.28. The van der Waals surface area contributed by atoms with Crippen molar-refractivity contribution in [3.8, 4) is 5.75 Å². The van der Waals surface area contributed by atoms with Gasteiger partial charge in [-0.25, -0.2) is 0 Å². The molecule has 3 heteroatoms. The zero-order chi connectivity index (χ0) is 10.6. The molecule has 0 fully saturated rings. The van der Waals surface area contributed by atoms with Gasteiger partial charge in [-0.15, -0.1) is 0 Å². The minimum absolute atomic E-state index is 0.621. The molecule has 0 aliphatic rings. The lowest BCUT2D eigenvalue weighted by Gasteiger charge is -2.12. The lowest BCUT2D eigenvalue weighted by molar-refractivity contribution is 0.416. The molecule has 0 aromatic heterocycles. The molecule has 0 radical (unpaired) electrons. The van der Waals surface area contributed by atoms with Crippen molar-refractivity contribution in [3.05, 3.63) is 23.3 Å². The zero-order valence-electron chi connectivity index (χ0n) is 9.05. The maximum atomic E-state index is 5.43. The van der Waals surface area contributed by atoms with Gasteiger partial charge in [0.15, 0.2) is 0 Å². The summed E-state index contributed by atoms with van der Waals surface area (Å²) in [6, 6.07) is 4.12. The highest BCUT2D eigenvalue weighted by Crippen LogP contribution is 2.27. The van der Waals surface area contributed by atoms with E-state index in [9.17, 15) is 0 Å². The highest BCUT2D eigenvalue weighted by Gasteiger charge is 2.04. The first-order chi connectivity index (χ1) is 6.69. The van der Waals surface area contributed by atoms with E-state index in [4.69, 9.17) is 10.5 Å². The number of methoxy groups -OCH3 is 1. The van der Waals surface area contributed by atoms with Crippen LogP contribution < -0.4 is 15.8 Å². The summed E-state index contributed by atoms with van der Waals surface area (Å²) in [4.78, 5) is 0. The zero-order valence-corrected chi connectivity index (χ0v) is 9.05. The molecule has 0 aliphatic carbocycles. The van der Waals surface area contributed by atoms with E-state index >= 15 is 0 Å².